The van der Waals surface area contributed by atoms with Crippen molar-refractivity contribution >= 4 is 5.97 Å². The molecule has 0 aromatic rings. The Morgan fingerprint density at radius 2 is 2.21 bits per heavy atom. The number of hydrogen-bond donors (Lipinski definition) is 2. The summed E-state index contributed by atoms with van der Waals surface area (Å²) in [7, 11) is 0. The summed E-state index contributed by atoms with van der Waals surface area (Å²) in [6.07, 6.45) is 0.863. The number of piperazine rings is 1. The Kier molecular flexibility index (Phi) is 2.08. The van der Waals surface area contributed by atoms with E-state index in [2.05, 4.69) is 10.6 Å². The quantitative estimate of drug-likeness (QED) is 0.584. The lowest BCUT2D eigenvalue weighted by Crippen LogP contribution is -2.56. The first-order valence-corrected chi connectivity index (χ1v) is 5.13. The highest BCUT2D eigenvalue weighted by molar-refractivity contribution is 5.83. The number of hydrogen-bond acceptors (Lipinski definition) is 4. The van der Waals surface area contributed by atoms with Crippen LogP contribution < -0.4 is 10.6 Å². The Morgan fingerprint density at radius 3 is 2.57 bits per heavy atom. The SMILES string of the molecule is CC(C)(C)OC(=O)C12CN[C@H](CN1)C2. The number of nitrogens with one attached hydrogen (secondary N) is 2. The molecule has 2 saturated heterocycles. The van der Waals surface area contributed by atoms with Gasteiger partial charge < -0.3 is 10.1 Å². The van der Waals surface area contributed by atoms with Crippen LogP contribution in [0.15, 0.2) is 0 Å². The Bertz CT molecular complexity index is 249. The van der Waals surface area contributed by atoms with E-state index in [0.29, 0.717) is 12.6 Å². The number of esters is 1. The van der Waals surface area contributed by atoms with Crippen LogP contribution in [-0.2, 0) is 9.53 Å². The Morgan fingerprint density at radius 1 is 1.50 bits per heavy atom. The van der Waals surface area contributed by atoms with E-state index in [1.165, 1.54) is 0 Å². The first-order chi connectivity index (χ1) is 6.41. The molecule has 2 heterocycles. The van der Waals surface area contributed by atoms with Crippen LogP contribution in [0.4, 0.5) is 0 Å². The third-order valence-electron chi connectivity index (χ3n) is 2.76. The second-order valence-electron chi connectivity index (χ2n) is 5.25. The average molecular weight is 198 g/mol. The molecule has 2 bridgehead atoms. The minimum atomic E-state index is -0.446. The number of carbonyl (C=O) groups excluding carboxylic acids is 1. The van der Waals surface area contributed by atoms with Crippen LogP contribution in [0.3, 0.4) is 0 Å². The summed E-state index contributed by atoms with van der Waals surface area (Å²) in [5.74, 6) is -0.113. The van der Waals surface area contributed by atoms with E-state index in [9.17, 15) is 4.79 Å². The minimum absolute atomic E-state index is 0.113. The summed E-state index contributed by atoms with van der Waals surface area (Å²) in [6, 6.07) is 0.447. The number of ether oxygens (including phenoxy) is 1. The van der Waals surface area contributed by atoms with E-state index >= 15 is 0 Å². The summed E-state index contributed by atoms with van der Waals surface area (Å²) in [5, 5.41) is 6.56. The molecule has 0 aliphatic carbocycles. The molecule has 4 heteroatoms. The van der Waals surface area contributed by atoms with E-state index in [4.69, 9.17) is 4.74 Å². The van der Waals surface area contributed by atoms with Crippen molar-refractivity contribution in [3.05, 3.63) is 0 Å². The standard InChI is InChI=1S/C10H18N2O2/c1-9(2,3)14-8(13)10-4-7(5-12-10)11-6-10/h7,11-12H,4-6H2,1-3H3/t7-,10?/m0/s1. The summed E-state index contributed by atoms with van der Waals surface area (Å²) < 4.78 is 5.40. The van der Waals surface area contributed by atoms with E-state index in [0.717, 1.165) is 13.0 Å². The molecule has 0 aromatic carbocycles. The van der Waals surface area contributed by atoms with Gasteiger partial charge in [-0.2, -0.15) is 0 Å². The van der Waals surface area contributed by atoms with Gasteiger partial charge in [0.05, 0.1) is 0 Å². The van der Waals surface area contributed by atoms with Crippen molar-refractivity contribution in [2.45, 2.75) is 44.4 Å². The number of carbonyl (C=O) groups is 1. The molecule has 2 aliphatic heterocycles. The third-order valence-corrected chi connectivity index (χ3v) is 2.76. The molecule has 1 unspecified atom stereocenters. The van der Waals surface area contributed by atoms with Crippen molar-refractivity contribution in [3.8, 4) is 0 Å². The molecule has 2 N–H and O–H groups in total. The second kappa shape index (κ2) is 2.94. The molecule has 2 rings (SSSR count). The second-order valence-corrected chi connectivity index (χ2v) is 5.25. The van der Waals surface area contributed by atoms with Crippen molar-refractivity contribution in [2.24, 2.45) is 0 Å². The molecule has 2 fully saturated rings. The fourth-order valence-corrected chi connectivity index (χ4v) is 2.08. The molecule has 80 valence electrons. The maximum atomic E-state index is 11.9. The van der Waals surface area contributed by atoms with Crippen LogP contribution in [-0.4, -0.2) is 36.2 Å². The summed E-state index contributed by atoms with van der Waals surface area (Å²) in [5.41, 5.74) is -0.841. The molecule has 0 amide bonds. The lowest BCUT2D eigenvalue weighted by Gasteiger charge is -2.29. The van der Waals surface area contributed by atoms with Gasteiger partial charge >= 0.3 is 5.97 Å². The van der Waals surface area contributed by atoms with E-state index < -0.39 is 11.1 Å². The monoisotopic (exact) mass is 198 g/mol. The van der Waals surface area contributed by atoms with Gasteiger partial charge in [-0.3, -0.25) is 5.32 Å². The van der Waals surface area contributed by atoms with Crippen molar-refractivity contribution in [3.63, 3.8) is 0 Å². The van der Waals surface area contributed by atoms with Crippen molar-refractivity contribution in [1.82, 2.24) is 10.6 Å². The Balaban J connectivity index is 2.04. The van der Waals surface area contributed by atoms with Gasteiger partial charge in [0.25, 0.3) is 0 Å². The van der Waals surface area contributed by atoms with E-state index in [-0.39, 0.29) is 5.97 Å². The minimum Gasteiger partial charge on any atom is -0.459 e. The van der Waals surface area contributed by atoms with Crippen LogP contribution >= 0.6 is 0 Å². The fraction of sp³-hybridized carbons (Fsp3) is 0.900. The van der Waals surface area contributed by atoms with Gasteiger partial charge in [-0.15, -0.1) is 0 Å². The maximum Gasteiger partial charge on any atom is 0.328 e. The zero-order valence-electron chi connectivity index (χ0n) is 9.02. The molecule has 2 aliphatic rings. The zero-order chi connectivity index (χ0) is 10.4. The smallest absolute Gasteiger partial charge is 0.328 e. The highest BCUT2D eigenvalue weighted by Crippen LogP contribution is 2.28. The number of rotatable bonds is 1. The van der Waals surface area contributed by atoms with Gasteiger partial charge in [-0.1, -0.05) is 0 Å². The lowest BCUT2D eigenvalue weighted by molar-refractivity contribution is -0.161. The lowest BCUT2D eigenvalue weighted by atomic mass is 10.0. The van der Waals surface area contributed by atoms with E-state index in [1.54, 1.807) is 0 Å². The van der Waals surface area contributed by atoms with Crippen LogP contribution in [0, 0.1) is 0 Å². The van der Waals surface area contributed by atoms with E-state index in [1.807, 2.05) is 20.8 Å². The van der Waals surface area contributed by atoms with Gasteiger partial charge in [-0.05, 0) is 27.2 Å². The third kappa shape index (κ3) is 1.64. The Hall–Kier alpha value is -0.610. The topological polar surface area (TPSA) is 50.4 Å². The van der Waals surface area contributed by atoms with Crippen LogP contribution in [0.25, 0.3) is 0 Å². The maximum absolute atomic E-state index is 11.9. The van der Waals surface area contributed by atoms with Crippen LogP contribution in [0.5, 0.6) is 0 Å². The first-order valence-electron chi connectivity index (χ1n) is 5.13. The van der Waals surface area contributed by atoms with Crippen molar-refractivity contribution < 1.29 is 9.53 Å². The van der Waals surface area contributed by atoms with Crippen LogP contribution in [0.2, 0.25) is 0 Å². The molecule has 4 nitrogen and oxygen atoms in total. The molecule has 0 aromatic heterocycles. The summed E-state index contributed by atoms with van der Waals surface area (Å²) in [4.78, 5) is 11.9. The Labute approximate surface area is 84.4 Å². The molecular weight excluding hydrogens is 180 g/mol. The van der Waals surface area contributed by atoms with Gasteiger partial charge in [0.2, 0.25) is 0 Å². The summed E-state index contributed by atoms with van der Waals surface area (Å²) in [6.45, 7) is 7.27. The molecule has 2 atom stereocenters. The fourth-order valence-electron chi connectivity index (χ4n) is 2.08. The van der Waals surface area contributed by atoms with Gasteiger partial charge in [-0.25, -0.2) is 4.79 Å². The largest absolute Gasteiger partial charge is 0.459 e. The average Bonchev–Trinajstić information content (AvgIpc) is 2.60. The predicted molar refractivity (Wildman–Crippen MR) is 53.0 cm³/mol. The normalized spacial score (nSPS) is 36.1. The van der Waals surface area contributed by atoms with Crippen molar-refractivity contribution in [1.29, 1.82) is 0 Å². The predicted octanol–water partition coefficient (Wildman–Crippen LogP) is 0.0320. The molecule has 0 spiro atoms. The molecule has 0 saturated carbocycles. The van der Waals surface area contributed by atoms with Gasteiger partial charge in [0.1, 0.15) is 11.1 Å². The molecule has 14 heavy (non-hydrogen) atoms. The number of fused-ring (bicyclic) bond motifs is 2. The van der Waals surface area contributed by atoms with Gasteiger partial charge in [0.15, 0.2) is 0 Å². The molecule has 0 radical (unpaired) electrons. The van der Waals surface area contributed by atoms with Gasteiger partial charge in [0, 0.05) is 19.1 Å². The van der Waals surface area contributed by atoms with Crippen LogP contribution in [0.1, 0.15) is 27.2 Å². The van der Waals surface area contributed by atoms with Crippen molar-refractivity contribution in [2.75, 3.05) is 13.1 Å². The molecular formula is C10H18N2O2. The highest BCUT2D eigenvalue weighted by atomic mass is 16.6. The zero-order valence-corrected chi connectivity index (χ0v) is 9.02. The summed E-state index contributed by atoms with van der Waals surface area (Å²) >= 11 is 0. The first kappa shape index (κ1) is 9.93. The highest BCUT2D eigenvalue weighted by Gasteiger charge is 2.52.